The van der Waals surface area contributed by atoms with E-state index in [1.807, 2.05) is 18.2 Å². The predicted octanol–water partition coefficient (Wildman–Crippen LogP) is 5.97. The maximum absolute atomic E-state index is 6.05. The first-order valence-electron chi connectivity index (χ1n) is 12.0. The monoisotopic (exact) mass is 458 g/mol. The van der Waals surface area contributed by atoms with Gasteiger partial charge in [0.05, 0.1) is 0 Å². The number of rotatable bonds is 7. The third-order valence-electron chi connectivity index (χ3n) is 6.87. The predicted molar refractivity (Wildman–Crippen MR) is 136 cm³/mol. The van der Waals surface area contributed by atoms with E-state index in [1.54, 1.807) is 0 Å². The Hall–Kier alpha value is -2.93. The van der Waals surface area contributed by atoms with Gasteiger partial charge in [0.15, 0.2) is 5.82 Å². The molecule has 0 atom stereocenters. The first-order valence-corrected chi connectivity index (χ1v) is 12.4. The van der Waals surface area contributed by atoms with Crippen molar-refractivity contribution >= 4 is 23.0 Å². The molecule has 0 bridgehead atoms. The van der Waals surface area contributed by atoms with Crippen LogP contribution in [0.2, 0.25) is 0 Å². The average Bonchev–Trinajstić information content (AvgIpc) is 3.48. The summed E-state index contributed by atoms with van der Waals surface area (Å²) < 4.78 is 0. The van der Waals surface area contributed by atoms with E-state index in [-0.39, 0.29) is 5.54 Å². The van der Waals surface area contributed by atoms with E-state index in [9.17, 15) is 0 Å². The van der Waals surface area contributed by atoms with Crippen LogP contribution in [0.25, 0.3) is 22.5 Å². The molecule has 0 unspecified atom stereocenters. The molecule has 170 valence electrons. The molecule has 0 amide bonds. The summed E-state index contributed by atoms with van der Waals surface area (Å²) in [6.45, 7) is 3.02. The van der Waals surface area contributed by atoms with Crippen molar-refractivity contribution in [1.29, 1.82) is 0 Å². The van der Waals surface area contributed by atoms with Crippen LogP contribution in [-0.2, 0) is 6.54 Å². The second-order valence-electron chi connectivity index (χ2n) is 9.11. The third kappa shape index (κ3) is 4.34. The summed E-state index contributed by atoms with van der Waals surface area (Å²) in [6, 6.07) is 16.9. The number of benzene rings is 2. The standard InChI is InChI=1S/C26H30N6S/c1-2-3-11-23-27-26(16-7-4-8-17-26)25(33)32(23)18-19-12-14-20(15-13-19)21-9-5-6-10-22(21)24-28-30-31-29-24/h5-6,9-10,12-15H,2-4,7-8,11,16-18H2,1H3,(H,28,29,30,31). The number of nitrogens with one attached hydrogen (secondary N) is 1. The molecule has 0 radical (unpaired) electrons. The van der Waals surface area contributed by atoms with Crippen LogP contribution in [0.5, 0.6) is 0 Å². The highest BCUT2D eigenvalue weighted by atomic mass is 32.1. The van der Waals surface area contributed by atoms with Crippen molar-refractivity contribution in [3.05, 3.63) is 54.1 Å². The van der Waals surface area contributed by atoms with E-state index in [0.29, 0.717) is 5.82 Å². The zero-order chi connectivity index (χ0) is 22.7. The Morgan fingerprint density at radius 2 is 1.76 bits per heavy atom. The van der Waals surface area contributed by atoms with Gasteiger partial charge in [-0.25, -0.2) is 5.10 Å². The van der Waals surface area contributed by atoms with E-state index in [1.165, 1.54) is 37.1 Å². The van der Waals surface area contributed by atoms with Gasteiger partial charge in [0.1, 0.15) is 16.4 Å². The Morgan fingerprint density at radius 3 is 2.45 bits per heavy atom. The molecule has 0 saturated heterocycles. The molecule has 2 aromatic carbocycles. The number of tetrazole rings is 1. The number of thiocarbonyl (C=S) groups is 1. The van der Waals surface area contributed by atoms with Crippen LogP contribution in [0.4, 0.5) is 0 Å². The largest absolute Gasteiger partial charge is 0.318 e. The van der Waals surface area contributed by atoms with Crippen LogP contribution < -0.4 is 0 Å². The zero-order valence-corrected chi connectivity index (χ0v) is 19.9. The molecule has 1 fully saturated rings. The Labute approximate surface area is 200 Å². The Balaban J connectivity index is 1.38. The van der Waals surface area contributed by atoms with Crippen molar-refractivity contribution in [2.24, 2.45) is 4.99 Å². The number of amidine groups is 1. The topological polar surface area (TPSA) is 70.1 Å². The lowest BCUT2D eigenvalue weighted by molar-refractivity contribution is 0.382. The normalized spacial score (nSPS) is 17.5. The van der Waals surface area contributed by atoms with E-state index in [4.69, 9.17) is 17.2 Å². The molecule has 3 aromatic rings. The maximum Gasteiger partial charge on any atom is 0.180 e. The first-order chi connectivity index (χ1) is 16.2. The summed E-state index contributed by atoms with van der Waals surface area (Å²) >= 11 is 6.05. The molecule has 1 spiro atoms. The van der Waals surface area contributed by atoms with E-state index >= 15 is 0 Å². The van der Waals surface area contributed by atoms with Gasteiger partial charge in [-0.1, -0.05) is 93.4 Å². The van der Waals surface area contributed by atoms with Crippen molar-refractivity contribution in [3.63, 3.8) is 0 Å². The number of H-pyrrole nitrogens is 1. The molecule has 2 aliphatic rings. The molecule has 33 heavy (non-hydrogen) atoms. The Morgan fingerprint density at radius 1 is 1.00 bits per heavy atom. The van der Waals surface area contributed by atoms with E-state index in [2.05, 4.69) is 62.8 Å². The molecule has 6 nitrogen and oxygen atoms in total. The summed E-state index contributed by atoms with van der Waals surface area (Å²) in [7, 11) is 0. The van der Waals surface area contributed by atoms with Gasteiger partial charge in [0.2, 0.25) is 0 Å². The molecule has 7 heteroatoms. The molecule has 1 saturated carbocycles. The molecular weight excluding hydrogens is 428 g/mol. The highest BCUT2D eigenvalue weighted by Gasteiger charge is 2.44. The molecule has 2 heterocycles. The molecular formula is C26H30N6S. The lowest BCUT2D eigenvalue weighted by Crippen LogP contribution is -2.42. The average molecular weight is 459 g/mol. The molecule has 1 aromatic heterocycles. The van der Waals surface area contributed by atoms with Crippen LogP contribution in [0.3, 0.4) is 0 Å². The number of nitrogens with zero attached hydrogens (tertiary/aromatic N) is 5. The van der Waals surface area contributed by atoms with Gasteiger partial charge in [-0.2, -0.15) is 0 Å². The van der Waals surface area contributed by atoms with Gasteiger partial charge < -0.3 is 4.90 Å². The fourth-order valence-corrected chi connectivity index (χ4v) is 5.48. The number of aromatic amines is 1. The van der Waals surface area contributed by atoms with Crippen LogP contribution in [-0.4, -0.2) is 41.9 Å². The number of aromatic nitrogens is 4. The van der Waals surface area contributed by atoms with E-state index < -0.39 is 0 Å². The second-order valence-corrected chi connectivity index (χ2v) is 9.49. The first kappa shape index (κ1) is 21.9. The smallest absolute Gasteiger partial charge is 0.180 e. The summed E-state index contributed by atoms with van der Waals surface area (Å²) in [5.74, 6) is 1.86. The summed E-state index contributed by atoms with van der Waals surface area (Å²) in [6.07, 6.45) is 9.29. The summed E-state index contributed by atoms with van der Waals surface area (Å²) in [5, 5.41) is 14.4. The maximum atomic E-state index is 6.05. The molecule has 5 rings (SSSR count). The van der Waals surface area contributed by atoms with Gasteiger partial charge in [-0.3, -0.25) is 4.99 Å². The number of hydrogen-bond donors (Lipinski definition) is 1. The van der Waals surface area contributed by atoms with Gasteiger partial charge in [0, 0.05) is 18.5 Å². The van der Waals surface area contributed by atoms with Crippen molar-refractivity contribution in [2.45, 2.75) is 70.4 Å². The third-order valence-corrected chi connectivity index (χ3v) is 7.47. The van der Waals surface area contributed by atoms with Crippen LogP contribution in [0.1, 0.15) is 63.9 Å². The van der Waals surface area contributed by atoms with Crippen molar-refractivity contribution in [2.75, 3.05) is 0 Å². The molecule has 1 aliphatic carbocycles. The van der Waals surface area contributed by atoms with Gasteiger partial charge in [0.25, 0.3) is 0 Å². The lowest BCUT2D eigenvalue weighted by atomic mass is 9.82. The minimum Gasteiger partial charge on any atom is -0.318 e. The lowest BCUT2D eigenvalue weighted by Gasteiger charge is -2.32. The fraction of sp³-hybridized carbons (Fsp3) is 0.423. The highest BCUT2D eigenvalue weighted by Crippen LogP contribution is 2.39. The highest BCUT2D eigenvalue weighted by molar-refractivity contribution is 7.80. The van der Waals surface area contributed by atoms with Crippen molar-refractivity contribution in [3.8, 4) is 22.5 Å². The SMILES string of the molecule is CCCCC1=NC2(CCCCC2)C(=S)N1Cc1ccc(-c2ccccc2-c2nnn[nH]2)cc1. The molecule has 1 aliphatic heterocycles. The molecule has 1 N–H and O–H groups in total. The quantitative estimate of drug-likeness (QED) is 0.442. The van der Waals surface area contributed by atoms with Gasteiger partial charge in [-0.15, -0.1) is 5.10 Å². The number of unbranched alkanes of at least 4 members (excludes halogenated alkanes) is 1. The number of hydrogen-bond acceptors (Lipinski definition) is 5. The minimum atomic E-state index is -0.124. The van der Waals surface area contributed by atoms with Crippen LogP contribution in [0, 0.1) is 0 Å². The van der Waals surface area contributed by atoms with Crippen molar-refractivity contribution < 1.29 is 0 Å². The number of aliphatic imine (C=N–C) groups is 1. The minimum absolute atomic E-state index is 0.124. The summed E-state index contributed by atoms with van der Waals surface area (Å²) in [4.78, 5) is 8.63. The van der Waals surface area contributed by atoms with Gasteiger partial charge >= 0.3 is 0 Å². The Kier molecular flexibility index (Phi) is 6.31. The van der Waals surface area contributed by atoms with Crippen LogP contribution >= 0.6 is 12.2 Å². The zero-order valence-electron chi connectivity index (χ0n) is 19.1. The fourth-order valence-electron chi connectivity index (χ4n) is 5.06. The van der Waals surface area contributed by atoms with Crippen molar-refractivity contribution in [1.82, 2.24) is 25.5 Å². The second kappa shape index (κ2) is 9.51. The van der Waals surface area contributed by atoms with E-state index in [0.717, 1.165) is 53.9 Å². The summed E-state index contributed by atoms with van der Waals surface area (Å²) in [5.41, 5.74) is 4.35. The Bertz CT molecular complexity index is 1130. The van der Waals surface area contributed by atoms with Gasteiger partial charge in [-0.05, 0) is 46.4 Å². The van der Waals surface area contributed by atoms with Crippen LogP contribution in [0.15, 0.2) is 53.5 Å².